The van der Waals surface area contributed by atoms with Gasteiger partial charge < -0.3 is 14.7 Å². The minimum Gasteiger partial charge on any atom is -0.507 e. The van der Waals surface area contributed by atoms with Crippen LogP contribution in [0.15, 0.2) is 42.5 Å². The largest absolute Gasteiger partial charge is 0.507 e. The Bertz CT molecular complexity index is 735. The number of hydrogen-bond donors (Lipinski definition) is 1. The molecule has 132 valence electrons. The molecule has 1 N–H and O–H groups in total. The van der Waals surface area contributed by atoms with Crippen LogP contribution in [0.4, 0.5) is 0 Å². The Morgan fingerprint density at radius 3 is 2.52 bits per heavy atom. The van der Waals surface area contributed by atoms with E-state index in [1.54, 1.807) is 25.3 Å². The molecule has 0 aromatic heterocycles. The predicted octanol–water partition coefficient (Wildman–Crippen LogP) is 4.33. The fourth-order valence-corrected chi connectivity index (χ4v) is 3.01. The number of rotatable bonds is 7. The van der Waals surface area contributed by atoms with Crippen LogP contribution in [0.25, 0.3) is 11.1 Å². The third-order valence-electron chi connectivity index (χ3n) is 4.60. The minimum absolute atomic E-state index is 0.0927. The molecular formula is C21H25NO3. The van der Waals surface area contributed by atoms with Crippen molar-refractivity contribution in [3.05, 3.63) is 48.0 Å². The molecule has 1 saturated carbocycles. The zero-order valence-corrected chi connectivity index (χ0v) is 14.9. The van der Waals surface area contributed by atoms with Gasteiger partial charge >= 0.3 is 0 Å². The first-order valence-corrected chi connectivity index (χ1v) is 8.89. The Labute approximate surface area is 149 Å². The number of phenols is 1. The van der Waals surface area contributed by atoms with Crippen LogP contribution in [0.1, 0.15) is 36.5 Å². The zero-order valence-electron chi connectivity index (χ0n) is 14.9. The first-order chi connectivity index (χ1) is 12.1. The van der Waals surface area contributed by atoms with Crippen LogP contribution in [-0.2, 0) is 0 Å². The molecule has 1 fully saturated rings. The quantitative estimate of drug-likeness (QED) is 0.817. The molecule has 4 nitrogen and oxygen atoms in total. The second kappa shape index (κ2) is 7.60. The van der Waals surface area contributed by atoms with E-state index in [0.717, 1.165) is 25.1 Å². The third kappa shape index (κ3) is 4.13. The second-order valence-corrected chi connectivity index (χ2v) is 6.65. The molecule has 25 heavy (non-hydrogen) atoms. The molecular weight excluding hydrogens is 314 g/mol. The minimum atomic E-state index is 0.0927. The summed E-state index contributed by atoms with van der Waals surface area (Å²) in [6.07, 6.45) is 3.44. The Morgan fingerprint density at radius 2 is 1.92 bits per heavy atom. The number of ether oxygens (including phenoxy) is 1. The summed E-state index contributed by atoms with van der Waals surface area (Å²) >= 11 is 0. The van der Waals surface area contributed by atoms with Gasteiger partial charge in [-0.3, -0.25) is 4.79 Å². The molecule has 1 amide bonds. The van der Waals surface area contributed by atoms with Gasteiger partial charge in [0.15, 0.2) is 0 Å². The van der Waals surface area contributed by atoms with Gasteiger partial charge in [-0.05, 0) is 61.1 Å². The van der Waals surface area contributed by atoms with Gasteiger partial charge in [-0.2, -0.15) is 0 Å². The second-order valence-electron chi connectivity index (χ2n) is 6.65. The summed E-state index contributed by atoms with van der Waals surface area (Å²) in [6, 6.07) is 12.6. The Balaban J connectivity index is 1.80. The lowest BCUT2D eigenvalue weighted by Gasteiger charge is -2.22. The summed E-state index contributed by atoms with van der Waals surface area (Å²) in [5, 5.41) is 10.1. The molecule has 0 heterocycles. The maximum Gasteiger partial charge on any atom is 0.253 e. The van der Waals surface area contributed by atoms with Gasteiger partial charge in [0.1, 0.15) is 11.5 Å². The van der Waals surface area contributed by atoms with Crippen LogP contribution >= 0.6 is 0 Å². The molecule has 2 aromatic carbocycles. The van der Waals surface area contributed by atoms with Crippen LogP contribution in [0, 0.1) is 5.92 Å². The fraction of sp³-hybridized carbons (Fsp3) is 0.381. The van der Waals surface area contributed by atoms with E-state index >= 15 is 0 Å². The summed E-state index contributed by atoms with van der Waals surface area (Å²) in [7, 11) is 1.60. The number of hydrogen-bond acceptors (Lipinski definition) is 3. The lowest BCUT2D eigenvalue weighted by molar-refractivity contribution is 0.0748. The Kier molecular flexibility index (Phi) is 5.27. The number of amides is 1. The lowest BCUT2D eigenvalue weighted by atomic mass is 10.0. The van der Waals surface area contributed by atoms with Crippen molar-refractivity contribution in [2.75, 3.05) is 20.2 Å². The maximum absolute atomic E-state index is 12.8. The molecule has 4 heteroatoms. The highest BCUT2D eigenvalue weighted by atomic mass is 16.5. The van der Waals surface area contributed by atoms with Crippen LogP contribution in [0.3, 0.4) is 0 Å². The standard InChI is InChI=1S/C21H25NO3/c1-3-12-22(14-15-4-5-15)21(24)17-8-6-16(7-9-17)19-13-18(25-2)10-11-20(19)23/h6-11,13,15,23H,3-5,12,14H2,1-2H3. The Hall–Kier alpha value is -2.49. The molecule has 0 radical (unpaired) electrons. The molecule has 0 aliphatic heterocycles. The van der Waals surface area contributed by atoms with Crippen molar-refractivity contribution in [3.8, 4) is 22.6 Å². The van der Waals surface area contributed by atoms with Gasteiger partial charge in [0, 0.05) is 24.2 Å². The van der Waals surface area contributed by atoms with Crippen molar-refractivity contribution in [1.82, 2.24) is 4.90 Å². The third-order valence-corrected chi connectivity index (χ3v) is 4.60. The molecule has 1 aliphatic rings. The molecule has 2 aromatic rings. The highest BCUT2D eigenvalue weighted by Crippen LogP contribution is 2.33. The number of aromatic hydroxyl groups is 1. The number of phenolic OH excluding ortho intramolecular Hbond substituents is 1. The van der Waals surface area contributed by atoms with Gasteiger partial charge in [0.25, 0.3) is 5.91 Å². The summed E-state index contributed by atoms with van der Waals surface area (Å²) in [5.41, 5.74) is 2.25. The van der Waals surface area contributed by atoms with E-state index in [2.05, 4.69) is 6.92 Å². The first-order valence-electron chi connectivity index (χ1n) is 8.89. The average Bonchev–Trinajstić information content (AvgIpc) is 3.45. The molecule has 3 rings (SSSR count). The number of methoxy groups -OCH3 is 1. The van der Waals surface area contributed by atoms with Crippen molar-refractivity contribution in [2.45, 2.75) is 26.2 Å². The average molecular weight is 339 g/mol. The van der Waals surface area contributed by atoms with E-state index in [1.165, 1.54) is 12.8 Å². The van der Waals surface area contributed by atoms with Gasteiger partial charge in [-0.1, -0.05) is 19.1 Å². The van der Waals surface area contributed by atoms with E-state index in [0.29, 0.717) is 22.8 Å². The molecule has 0 bridgehead atoms. The van der Waals surface area contributed by atoms with Crippen molar-refractivity contribution in [1.29, 1.82) is 0 Å². The normalized spacial score (nSPS) is 13.5. The predicted molar refractivity (Wildman–Crippen MR) is 99.0 cm³/mol. The van der Waals surface area contributed by atoms with Crippen molar-refractivity contribution in [2.24, 2.45) is 5.92 Å². The maximum atomic E-state index is 12.8. The summed E-state index contributed by atoms with van der Waals surface area (Å²) in [6.45, 7) is 3.76. The summed E-state index contributed by atoms with van der Waals surface area (Å²) in [5.74, 6) is 1.66. The molecule has 1 aliphatic carbocycles. The van der Waals surface area contributed by atoms with Crippen molar-refractivity contribution < 1.29 is 14.6 Å². The van der Waals surface area contributed by atoms with Crippen LogP contribution in [0.2, 0.25) is 0 Å². The molecule has 0 unspecified atom stereocenters. The summed E-state index contributed by atoms with van der Waals surface area (Å²) < 4.78 is 5.22. The molecule has 0 atom stereocenters. The van der Waals surface area contributed by atoms with E-state index in [4.69, 9.17) is 4.74 Å². The van der Waals surface area contributed by atoms with Gasteiger partial charge in [-0.15, -0.1) is 0 Å². The number of nitrogens with zero attached hydrogens (tertiary/aromatic N) is 1. The van der Waals surface area contributed by atoms with E-state index in [9.17, 15) is 9.90 Å². The molecule has 0 spiro atoms. The van der Waals surface area contributed by atoms with E-state index in [1.807, 2.05) is 29.2 Å². The van der Waals surface area contributed by atoms with Gasteiger partial charge in [-0.25, -0.2) is 0 Å². The highest BCUT2D eigenvalue weighted by molar-refractivity contribution is 5.94. The van der Waals surface area contributed by atoms with Gasteiger partial charge in [0.2, 0.25) is 0 Å². The van der Waals surface area contributed by atoms with Gasteiger partial charge in [0.05, 0.1) is 7.11 Å². The monoisotopic (exact) mass is 339 g/mol. The first kappa shape index (κ1) is 17.3. The molecule has 0 saturated heterocycles. The number of benzene rings is 2. The van der Waals surface area contributed by atoms with Crippen LogP contribution in [0.5, 0.6) is 11.5 Å². The van der Waals surface area contributed by atoms with Crippen molar-refractivity contribution in [3.63, 3.8) is 0 Å². The summed E-state index contributed by atoms with van der Waals surface area (Å²) in [4.78, 5) is 14.7. The Morgan fingerprint density at radius 1 is 1.20 bits per heavy atom. The van der Waals surface area contributed by atoms with Crippen molar-refractivity contribution >= 4 is 5.91 Å². The number of carbonyl (C=O) groups excluding carboxylic acids is 1. The highest BCUT2D eigenvalue weighted by Gasteiger charge is 2.26. The zero-order chi connectivity index (χ0) is 17.8. The lowest BCUT2D eigenvalue weighted by Crippen LogP contribution is -2.33. The van der Waals surface area contributed by atoms with E-state index in [-0.39, 0.29) is 11.7 Å². The topological polar surface area (TPSA) is 49.8 Å². The fourth-order valence-electron chi connectivity index (χ4n) is 3.01. The SMILES string of the molecule is CCCN(CC1CC1)C(=O)c1ccc(-c2cc(OC)ccc2O)cc1. The van der Waals surface area contributed by atoms with Crippen LogP contribution < -0.4 is 4.74 Å². The van der Waals surface area contributed by atoms with Crippen LogP contribution in [-0.4, -0.2) is 36.1 Å². The number of carbonyl (C=O) groups is 1. The smallest absolute Gasteiger partial charge is 0.253 e. The van der Waals surface area contributed by atoms with E-state index < -0.39 is 0 Å².